The smallest absolute Gasteiger partial charge is 0.0904 e. The van der Waals surface area contributed by atoms with Crippen LogP contribution in [0.15, 0.2) is 6.08 Å². The van der Waals surface area contributed by atoms with Crippen molar-refractivity contribution in [1.29, 1.82) is 0 Å². The van der Waals surface area contributed by atoms with Crippen LogP contribution in [-0.2, 0) is 0 Å². The van der Waals surface area contributed by atoms with Gasteiger partial charge in [0.25, 0.3) is 0 Å². The fraction of sp³-hybridized carbons (Fsp3) is 0.375. The lowest BCUT2D eigenvalue weighted by Crippen LogP contribution is -1.73. The Morgan fingerprint density at radius 2 is 2.10 bits per heavy atom. The molecule has 0 amide bonds. The first-order valence-electron chi connectivity index (χ1n) is 3.30. The van der Waals surface area contributed by atoms with E-state index in [4.69, 9.17) is 0 Å². The molecule has 0 atom stereocenters. The average molecular weight is 153 g/mol. The van der Waals surface area contributed by atoms with Gasteiger partial charge in [-0.1, -0.05) is 6.08 Å². The molecule has 1 nitrogen and oxygen atoms in total. The molecule has 0 saturated heterocycles. The Balaban J connectivity index is 3.03. The number of hydrogen-bond donors (Lipinski definition) is 0. The second-order valence-electron chi connectivity index (χ2n) is 2.17. The molecule has 0 spiro atoms. The van der Waals surface area contributed by atoms with Gasteiger partial charge in [0.1, 0.15) is 0 Å². The van der Waals surface area contributed by atoms with Gasteiger partial charge in [-0.15, -0.1) is 11.3 Å². The van der Waals surface area contributed by atoms with Crippen LogP contribution in [-0.4, -0.2) is 4.98 Å². The number of thiazole rings is 1. The molecule has 1 rings (SSSR count). The van der Waals surface area contributed by atoms with Gasteiger partial charge < -0.3 is 0 Å². The molecule has 0 aliphatic rings. The van der Waals surface area contributed by atoms with E-state index >= 15 is 0 Å². The quantitative estimate of drug-likeness (QED) is 0.604. The van der Waals surface area contributed by atoms with Gasteiger partial charge in [0, 0.05) is 4.88 Å². The van der Waals surface area contributed by atoms with Crippen molar-refractivity contribution in [2.75, 3.05) is 0 Å². The summed E-state index contributed by atoms with van der Waals surface area (Å²) >= 11 is 1.75. The lowest BCUT2D eigenvalue weighted by molar-refractivity contribution is 1.26. The maximum Gasteiger partial charge on any atom is 0.0904 e. The summed E-state index contributed by atoms with van der Waals surface area (Å²) in [6.07, 6.45) is 4.06. The highest BCUT2D eigenvalue weighted by Crippen LogP contribution is 2.17. The van der Waals surface area contributed by atoms with Crippen molar-refractivity contribution in [1.82, 2.24) is 4.98 Å². The Morgan fingerprint density at radius 1 is 1.40 bits per heavy atom. The van der Waals surface area contributed by atoms with Crippen LogP contribution in [0.4, 0.5) is 0 Å². The zero-order valence-electron chi connectivity index (χ0n) is 6.51. The second kappa shape index (κ2) is 2.97. The van der Waals surface area contributed by atoms with Crippen LogP contribution in [0.1, 0.15) is 22.5 Å². The Bertz CT molecular complexity index is 248. The zero-order valence-corrected chi connectivity index (χ0v) is 7.33. The Hall–Kier alpha value is -0.630. The van der Waals surface area contributed by atoms with Crippen molar-refractivity contribution >= 4 is 17.4 Å². The summed E-state index contributed by atoms with van der Waals surface area (Å²) in [6.45, 7) is 6.14. The molecule has 0 fully saturated rings. The van der Waals surface area contributed by atoms with Crippen molar-refractivity contribution in [3.63, 3.8) is 0 Å². The minimum absolute atomic E-state index is 1.12. The molecule has 0 unspecified atom stereocenters. The SMILES string of the molecule is C/C=C\c1nc(C)sc1C. The monoisotopic (exact) mass is 153 g/mol. The van der Waals surface area contributed by atoms with E-state index in [9.17, 15) is 0 Å². The molecule has 54 valence electrons. The third-order valence-corrected chi connectivity index (χ3v) is 2.17. The highest BCUT2D eigenvalue weighted by atomic mass is 32.1. The number of allylic oxidation sites excluding steroid dienone is 1. The van der Waals surface area contributed by atoms with E-state index in [1.165, 1.54) is 4.88 Å². The molecule has 0 aromatic carbocycles. The van der Waals surface area contributed by atoms with Gasteiger partial charge in [-0.25, -0.2) is 4.98 Å². The Kier molecular flexibility index (Phi) is 2.22. The highest BCUT2D eigenvalue weighted by molar-refractivity contribution is 7.11. The molecule has 0 aliphatic heterocycles. The number of nitrogens with zero attached hydrogens (tertiary/aromatic N) is 1. The predicted octanol–water partition coefficient (Wildman–Crippen LogP) is 2.79. The van der Waals surface area contributed by atoms with E-state index in [1.54, 1.807) is 11.3 Å². The number of rotatable bonds is 1. The maximum absolute atomic E-state index is 4.33. The summed E-state index contributed by atoms with van der Waals surface area (Å²) in [5.74, 6) is 0. The summed E-state index contributed by atoms with van der Waals surface area (Å²) in [6, 6.07) is 0. The summed E-state index contributed by atoms with van der Waals surface area (Å²) in [5.41, 5.74) is 1.12. The van der Waals surface area contributed by atoms with Crippen LogP contribution < -0.4 is 0 Å². The van der Waals surface area contributed by atoms with E-state index in [0.717, 1.165) is 10.7 Å². The minimum Gasteiger partial charge on any atom is -0.242 e. The highest BCUT2D eigenvalue weighted by Gasteiger charge is 1.98. The number of aromatic nitrogens is 1. The fourth-order valence-corrected chi connectivity index (χ4v) is 1.66. The third-order valence-electron chi connectivity index (χ3n) is 1.26. The first kappa shape index (κ1) is 7.48. The molecular formula is C8H11NS. The maximum atomic E-state index is 4.33. The standard InChI is InChI=1S/C8H11NS/c1-4-5-8-6(2)10-7(3)9-8/h4-5H,1-3H3/b5-4-. The summed E-state index contributed by atoms with van der Waals surface area (Å²) < 4.78 is 0. The lowest BCUT2D eigenvalue weighted by atomic mass is 10.3. The van der Waals surface area contributed by atoms with Crippen molar-refractivity contribution in [3.05, 3.63) is 21.7 Å². The van der Waals surface area contributed by atoms with Crippen LogP contribution in [0.3, 0.4) is 0 Å². The summed E-state index contributed by atoms with van der Waals surface area (Å²) in [7, 11) is 0. The van der Waals surface area contributed by atoms with Gasteiger partial charge in [-0.2, -0.15) is 0 Å². The van der Waals surface area contributed by atoms with Crippen molar-refractivity contribution in [3.8, 4) is 0 Å². The molecule has 0 radical (unpaired) electrons. The topological polar surface area (TPSA) is 12.9 Å². The van der Waals surface area contributed by atoms with Gasteiger partial charge in [0.05, 0.1) is 10.7 Å². The molecule has 1 aromatic heterocycles. The average Bonchev–Trinajstić information content (AvgIpc) is 2.13. The van der Waals surface area contributed by atoms with E-state index in [1.807, 2.05) is 26.0 Å². The van der Waals surface area contributed by atoms with Crippen LogP contribution in [0.2, 0.25) is 0 Å². The Morgan fingerprint density at radius 3 is 2.50 bits per heavy atom. The molecule has 0 aliphatic carbocycles. The van der Waals surface area contributed by atoms with E-state index < -0.39 is 0 Å². The molecule has 1 heterocycles. The third kappa shape index (κ3) is 1.45. The Labute approximate surface area is 65.4 Å². The van der Waals surface area contributed by atoms with Crippen molar-refractivity contribution in [2.45, 2.75) is 20.8 Å². The van der Waals surface area contributed by atoms with Gasteiger partial charge in [-0.05, 0) is 26.8 Å². The largest absolute Gasteiger partial charge is 0.242 e. The minimum atomic E-state index is 1.12. The van der Waals surface area contributed by atoms with Gasteiger partial charge >= 0.3 is 0 Å². The van der Waals surface area contributed by atoms with Crippen LogP contribution in [0.25, 0.3) is 6.08 Å². The molecule has 0 N–H and O–H groups in total. The fourth-order valence-electron chi connectivity index (χ4n) is 0.858. The van der Waals surface area contributed by atoms with Crippen molar-refractivity contribution < 1.29 is 0 Å². The molecular weight excluding hydrogens is 142 g/mol. The van der Waals surface area contributed by atoms with E-state index in [-0.39, 0.29) is 0 Å². The molecule has 2 heteroatoms. The van der Waals surface area contributed by atoms with Crippen molar-refractivity contribution in [2.24, 2.45) is 0 Å². The first-order valence-corrected chi connectivity index (χ1v) is 4.12. The normalized spacial score (nSPS) is 11.1. The van der Waals surface area contributed by atoms with Gasteiger partial charge in [-0.3, -0.25) is 0 Å². The number of aryl methyl sites for hydroxylation is 2. The van der Waals surface area contributed by atoms with Gasteiger partial charge in [0.15, 0.2) is 0 Å². The van der Waals surface area contributed by atoms with E-state index in [0.29, 0.717) is 0 Å². The molecule has 0 saturated carbocycles. The van der Waals surface area contributed by atoms with Gasteiger partial charge in [0.2, 0.25) is 0 Å². The first-order chi connectivity index (χ1) is 4.74. The molecule has 10 heavy (non-hydrogen) atoms. The van der Waals surface area contributed by atoms with Crippen LogP contribution in [0, 0.1) is 13.8 Å². The molecule has 0 bridgehead atoms. The van der Waals surface area contributed by atoms with E-state index in [2.05, 4.69) is 11.9 Å². The lowest BCUT2D eigenvalue weighted by Gasteiger charge is -1.82. The number of hydrogen-bond acceptors (Lipinski definition) is 2. The van der Waals surface area contributed by atoms with Crippen LogP contribution in [0.5, 0.6) is 0 Å². The second-order valence-corrected chi connectivity index (χ2v) is 3.58. The molecule has 1 aromatic rings. The van der Waals surface area contributed by atoms with Crippen LogP contribution >= 0.6 is 11.3 Å². The summed E-state index contributed by atoms with van der Waals surface area (Å²) in [5, 5.41) is 1.14. The zero-order chi connectivity index (χ0) is 7.56. The predicted molar refractivity (Wildman–Crippen MR) is 46.3 cm³/mol. The summed E-state index contributed by atoms with van der Waals surface area (Å²) in [4.78, 5) is 5.63.